The van der Waals surface area contributed by atoms with Crippen LogP contribution in [0.5, 0.6) is 5.75 Å². The number of benzene rings is 1. The lowest BCUT2D eigenvalue weighted by Crippen LogP contribution is -2.50. The fourth-order valence-corrected chi connectivity index (χ4v) is 3.97. The molecule has 2 heterocycles. The highest BCUT2D eigenvalue weighted by atomic mass is 16.5. The van der Waals surface area contributed by atoms with Crippen LogP contribution in [0, 0.1) is 17.2 Å². The number of nitriles is 1. The van der Waals surface area contributed by atoms with Gasteiger partial charge in [-0.2, -0.15) is 10.4 Å². The second kappa shape index (κ2) is 12.6. The molecule has 0 aliphatic heterocycles. The maximum atomic E-state index is 13.1. The van der Waals surface area contributed by atoms with Crippen molar-refractivity contribution in [2.45, 2.75) is 31.0 Å². The maximum Gasteiger partial charge on any atom is 0.272 e. The summed E-state index contributed by atoms with van der Waals surface area (Å²) in [6, 6.07) is 10.7. The number of aromatic nitrogens is 4. The van der Waals surface area contributed by atoms with Crippen molar-refractivity contribution in [1.29, 1.82) is 5.26 Å². The van der Waals surface area contributed by atoms with Crippen LogP contribution in [0.25, 0.3) is 11.3 Å². The number of nitrogens with one attached hydrogen (secondary N) is 4. The molecule has 4 rings (SSSR count). The summed E-state index contributed by atoms with van der Waals surface area (Å²) in [6.07, 6.45) is 3.27. The molecule has 0 atom stereocenters. The molecule has 0 spiro atoms. The molecule has 1 fully saturated rings. The Hall–Kier alpha value is -4.80. The normalized spacial score (nSPS) is 12.6. The van der Waals surface area contributed by atoms with Crippen molar-refractivity contribution in [3.05, 3.63) is 42.2 Å². The van der Waals surface area contributed by atoms with Gasteiger partial charge in [0, 0.05) is 30.3 Å². The van der Waals surface area contributed by atoms with Crippen LogP contribution in [0.1, 0.15) is 29.8 Å². The van der Waals surface area contributed by atoms with Crippen LogP contribution < -0.4 is 26.0 Å². The molecule has 4 N–H and O–H groups in total. The molecule has 1 aliphatic rings. The number of hydrogen-bond donors (Lipinski definition) is 4. The molecule has 1 aliphatic carbocycles. The van der Waals surface area contributed by atoms with E-state index in [1.807, 2.05) is 47.8 Å². The predicted molar refractivity (Wildman–Crippen MR) is 160 cm³/mol. The standard InChI is InChI=1S/C25H30B3N9O4/c1-41-22-15(16-8-11-37(36-16)12-10-30-20(38)7-9-29)3-2-4-17(22)31-18-13-19(32-23(39)14-5-6-14)34-35-21(18)24(40)33-25(26,27)28/h2-4,8,11,13-14H,5-7,10,12,26-28H2,1H3,(H,30,38)(H,33,40)(H2,31,32,34,39). The Morgan fingerprint density at radius 3 is 2.63 bits per heavy atom. The molecule has 0 radical (unpaired) electrons. The third kappa shape index (κ3) is 7.88. The van der Waals surface area contributed by atoms with Gasteiger partial charge in [0.15, 0.2) is 17.3 Å². The van der Waals surface area contributed by atoms with Crippen LogP contribution in [0.2, 0.25) is 0 Å². The van der Waals surface area contributed by atoms with Crippen molar-refractivity contribution in [3.8, 4) is 23.1 Å². The molecule has 208 valence electrons. The molecule has 2 aromatic heterocycles. The molecule has 41 heavy (non-hydrogen) atoms. The molecule has 1 aromatic carbocycles. The van der Waals surface area contributed by atoms with Crippen LogP contribution in [0.4, 0.5) is 17.2 Å². The largest absolute Gasteiger partial charge is 0.494 e. The molecular weight excluding hydrogens is 523 g/mol. The fourth-order valence-electron chi connectivity index (χ4n) is 3.97. The average Bonchev–Trinajstić information content (AvgIpc) is 3.66. The highest BCUT2D eigenvalue weighted by molar-refractivity contribution is 6.60. The predicted octanol–water partition coefficient (Wildman–Crippen LogP) is -1.29. The second-order valence-electron chi connectivity index (χ2n) is 10.6. The van der Waals surface area contributed by atoms with Gasteiger partial charge in [-0.1, -0.05) is 6.07 Å². The van der Waals surface area contributed by atoms with Crippen molar-refractivity contribution in [3.63, 3.8) is 0 Å². The monoisotopic (exact) mass is 553 g/mol. The van der Waals surface area contributed by atoms with E-state index < -0.39 is 11.1 Å². The van der Waals surface area contributed by atoms with Gasteiger partial charge in [0.25, 0.3) is 5.91 Å². The number of methoxy groups -OCH3 is 1. The summed E-state index contributed by atoms with van der Waals surface area (Å²) in [4.78, 5) is 37.0. The van der Waals surface area contributed by atoms with Gasteiger partial charge in [-0.05, 0) is 36.3 Å². The Labute approximate surface area is 240 Å². The Morgan fingerprint density at radius 2 is 1.95 bits per heavy atom. The van der Waals surface area contributed by atoms with E-state index in [-0.39, 0.29) is 35.7 Å². The first kappa shape index (κ1) is 29.2. The van der Waals surface area contributed by atoms with Crippen LogP contribution >= 0.6 is 0 Å². The SMILES string of the molecule is BC(B)(B)NC(=O)c1nnc(NC(=O)C2CC2)cc1Nc1cccc(-c2ccn(CCNC(=O)CC#N)n2)c1OC. The van der Waals surface area contributed by atoms with Crippen molar-refractivity contribution in [2.24, 2.45) is 5.92 Å². The third-order valence-electron chi connectivity index (χ3n) is 6.00. The minimum Gasteiger partial charge on any atom is -0.494 e. The van der Waals surface area contributed by atoms with E-state index in [4.69, 9.17) is 10.00 Å². The van der Waals surface area contributed by atoms with Gasteiger partial charge in [0.2, 0.25) is 11.8 Å². The summed E-state index contributed by atoms with van der Waals surface area (Å²) in [6.45, 7) is 0.746. The van der Waals surface area contributed by atoms with Crippen molar-refractivity contribution >= 4 is 58.5 Å². The number of anilines is 3. The van der Waals surface area contributed by atoms with E-state index in [2.05, 4.69) is 36.6 Å². The third-order valence-corrected chi connectivity index (χ3v) is 6.00. The number of carbonyl (C=O) groups excluding carboxylic acids is 3. The molecule has 3 aromatic rings. The first-order valence-electron chi connectivity index (χ1n) is 13.2. The summed E-state index contributed by atoms with van der Waals surface area (Å²) >= 11 is 0. The summed E-state index contributed by atoms with van der Waals surface area (Å²) in [5.41, 5.74) is 2.25. The zero-order chi connectivity index (χ0) is 29.6. The molecule has 0 saturated heterocycles. The van der Waals surface area contributed by atoms with Crippen LogP contribution in [0.3, 0.4) is 0 Å². The van der Waals surface area contributed by atoms with Crippen molar-refractivity contribution in [2.75, 3.05) is 24.3 Å². The molecule has 3 amide bonds. The number of hydrogen-bond acceptors (Lipinski definition) is 9. The number of rotatable bonds is 12. The lowest BCUT2D eigenvalue weighted by molar-refractivity contribution is -0.120. The first-order chi connectivity index (χ1) is 19.6. The highest BCUT2D eigenvalue weighted by Crippen LogP contribution is 2.38. The molecule has 0 bridgehead atoms. The Balaban J connectivity index is 1.61. The second-order valence-corrected chi connectivity index (χ2v) is 10.6. The average molecular weight is 553 g/mol. The van der Waals surface area contributed by atoms with Gasteiger partial charge in [-0.25, -0.2) is 0 Å². The van der Waals surface area contributed by atoms with Gasteiger partial charge in [0.1, 0.15) is 30.0 Å². The zero-order valence-corrected chi connectivity index (χ0v) is 23.4. The van der Waals surface area contributed by atoms with E-state index >= 15 is 0 Å². The summed E-state index contributed by atoms with van der Waals surface area (Å²) in [7, 11) is 7.12. The van der Waals surface area contributed by atoms with Crippen LogP contribution in [-0.2, 0) is 16.1 Å². The molecule has 16 heteroatoms. The van der Waals surface area contributed by atoms with Gasteiger partial charge in [-0.15, -0.1) is 10.2 Å². The van der Waals surface area contributed by atoms with E-state index in [1.165, 1.54) is 7.11 Å². The van der Waals surface area contributed by atoms with E-state index in [1.54, 1.807) is 23.0 Å². The minimum atomic E-state index is -0.510. The molecule has 1 saturated carbocycles. The quantitative estimate of drug-likeness (QED) is 0.199. The lowest BCUT2D eigenvalue weighted by Gasteiger charge is -2.22. The lowest BCUT2D eigenvalue weighted by atomic mass is 9.49. The number of ether oxygens (including phenoxy) is 1. The number of carbonyl (C=O) groups is 3. The van der Waals surface area contributed by atoms with Gasteiger partial charge < -0.3 is 26.0 Å². The molecule has 13 nitrogen and oxygen atoms in total. The Bertz CT molecular complexity index is 1500. The van der Waals surface area contributed by atoms with E-state index in [0.717, 1.165) is 12.8 Å². The maximum absolute atomic E-state index is 13.1. The van der Waals surface area contributed by atoms with Gasteiger partial charge in [0.05, 0.1) is 36.8 Å². The summed E-state index contributed by atoms with van der Waals surface area (Å²) in [5, 5.41) is 32.5. The number of para-hydroxylation sites is 1. The fraction of sp³-hybridized carbons (Fsp3) is 0.320. The minimum absolute atomic E-state index is 0.0255. The van der Waals surface area contributed by atoms with Gasteiger partial charge in [-0.3, -0.25) is 19.1 Å². The summed E-state index contributed by atoms with van der Waals surface area (Å²) in [5.74, 6) is -0.213. The molecular formula is C25H30B3N9O4. The number of amides is 3. The Kier molecular flexibility index (Phi) is 8.96. The molecule has 0 unspecified atom stereocenters. The topological polar surface area (TPSA) is 176 Å². The smallest absolute Gasteiger partial charge is 0.272 e. The van der Waals surface area contributed by atoms with Crippen LogP contribution in [-0.4, -0.2) is 80.1 Å². The van der Waals surface area contributed by atoms with E-state index in [0.29, 0.717) is 41.5 Å². The van der Waals surface area contributed by atoms with E-state index in [9.17, 15) is 14.4 Å². The van der Waals surface area contributed by atoms with Crippen molar-refractivity contribution in [1.82, 2.24) is 30.6 Å². The number of nitrogens with zero attached hydrogens (tertiary/aromatic N) is 5. The Morgan fingerprint density at radius 1 is 1.17 bits per heavy atom. The van der Waals surface area contributed by atoms with Crippen molar-refractivity contribution < 1.29 is 19.1 Å². The summed E-state index contributed by atoms with van der Waals surface area (Å²) < 4.78 is 7.44. The first-order valence-corrected chi connectivity index (χ1v) is 13.2. The van der Waals surface area contributed by atoms with Crippen LogP contribution in [0.15, 0.2) is 36.5 Å². The van der Waals surface area contributed by atoms with Gasteiger partial charge >= 0.3 is 0 Å². The highest BCUT2D eigenvalue weighted by Gasteiger charge is 2.30. The zero-order valence-electron chi connectivity index (χ0n) is 23.4.